The lowest BCUT2D eigenvalue weighted by Gasteiger charge is -2.36. The van der Waals surface area contributed by atoms with Crippen LogP contribution < -0.4 is 10.0 Å². The Morgan fingerprint density at radius 1 is 1.07 bits per heavy atom. The molecule has 8 heteroatoms. The topological polar surface area (TPSA) is 88.8 Å². The molecule has 0 unspecified atom stereocenters. The summed E-state index contributed by atoms with van der Waals surface area (Å²) in [5, 5.41) is 5.54. The van der Waals surface area contributed by atoms with E-state index in [9.17, 15) is 8.42 Å². The van der Waals surface area contributed by atoms with Gasteiger partial charge in [0.05, 0.1) is 17.9 Å². The number of likely N-dealkylation sites (tertiary alicyclic amines) is 1. The first-order valence-corrected chi connectivity index (χ1v) is 12.0. The van der Waals surface area contributed by atoms with Crippen LogP contribution in [0.3, 0.4) is 0 Å². The molecule has 7 nitrogen and oxygen atoms in total. The number of hydrogen-bond acceptors (Lipinski definition) is 6. The Bertz CT molecular complexity index is 973. The summed E-state index contributed by atoms with van der Waals surface area (Å²) in [6, 6.07) is 13.7. The summed E-state index contributed by atoms with van der Waals surface area (Å²) in [6.07, 6.45) is 1.07. The molecule has 2 N–H and O–H groups in total. The fraction of sp³-hybridized carbons (Fsp3) is 0.500. The van der Waals surface area contributed by atoms with Gasteiger partial charge in [0.1, 0.15) is 10.7 Å². The van der Waals surface area contributed by atoms with Gasteiger partial charge in [-0.15, -0.1) is 0 Å². The summed E-state index contributed by atoms with van der Waals surface area (Å²) < 4.78 is 30.4. The van der Waals surface area contributed by atoms with Crippen LogP contribution in [0, 0.1) is 0 Å². The zero-order valence-corrected chi connectivity index (χ0v) is 18.4. The number of sulfonamides is 1. The van der Waals surface area contributed by atoms with Gasteiger partial charge in [-0.25, -0.2) is 18.5 Å². The average molecular weight is 431 g/mol. The van der Waals surface area contributed by atoms with Crippen LogP contribution in [0.2, 0.25) is 0 Å². The van der Waals surface area contributed by atoms with Gasteiger partial charge >= 0.3 is 0 Å². The fourth-order valence-electron chi connectivity index (χ4n) is 4.57. The molecular formula is C22H30N4O3S. The Morgan fingerprint density at radius 3 is 2.43 bits per heavy atom. The van der Waals surface area contributed by atoms with Crippen LogP contribution in [0.25, 0.3) is 0 Å². The predicted octanol–water partition coefficient (Wildman–Crippen LogP) is 2.33. The molecule has 162 valence electrons. The van der Waals surface area contributed by atoms with E-state index in [1.165, 1.54) is 5.56 Å². The standard InChI is InChI=1S/C22H30N4O3S/c1-16-12-26(13-17(2)29-16)21-9-8-20(30(23,27)28)22(24-21)19-10-11-25(15-19)14-18-6-4-3-5-7-18/h3-9,16-17,19H,10-15H2,1-2H3,(H2,23,27,28)/t16-,17+,19-/m0/s1. The number of rotatable bonds is 5. The Morgan fingerprint density at radius 2 is 1.77 bits per heavy atom. The lowest BCUT2D eigenvalue weighted by molar-refractivity contribution is -0.00547. The van der Waals surface area contributed by atoms with Crippen molar-refractivity contribution in [1.29, 1.82) is 0 Å². The molecule has 3 heterocycles. The zero-order valence-electron chi connectivity index (χ0n) is 17.6. The number of nitrogens with two attached hydrogens (primary N) is 1. The maximum absolute atomic E-state index is 12.3. The van der Waals surface area contributed by atoms with Crippen LogP contribution in [0.15, 0.2) is 47.4 Å². The number of aromatic nitrogens is 1. The molecule has 1 aromatic carbocycles. The zero-order chi connectivity index (χ0) is 21.3. The number of anilines is 1. The third kappa shape index (κ3) is 4.83. The summed E-state index contributed by atoms with van der Waals surface area (Å²) in [4.78, 5) is 9.51. The molecule has 0 amide bonds. The maximum Gasteiger partial charge on any atom is 0.239 e. The van der Waals surface area contributed by atoms with Gasteiger partial charge in [0.2, 0.25) is 10.0 Å². The van der Waals surface area contributed by atoms with Crippen molar-refractivity contribution in [3.8, 4) is 0 Å². The molecule has 30 heavy (non-hydrogen) atoms. The number of benzene rings is 1. The smallest absolute Gasteiger partial charge is 0.239 e. The van der Waals surface area contributed by atoms with Gasteiger partial charge in [-0.3, -0.25) is 4.90 Å². The monoisotopic (exact) mass is 430 g/mol. The van der Waals surface area contributed by atoms with Crippen molar-refractivity contribution in [3.63, 3.8) is 0 Å². The van der Waals surface area contributed by atoms with Crippen molar-refractivity contribution in [2.75, 3.05) is 31.1 Å². The summed E-state index contributed by atoms with van der Waals surface area (Å²) in [6.45, 7) is 8.07. The van der Waals surface area contributed by atoms with Gasteiger partial charge in [-0.2, -0.15) is 0 Å². The Hall–Kier alpha value is -2.00. The molecular weight excluding hydrogens is 400 g/mol. The average Bonchev–Trinajstić information content (AvgIpc) is 3.15. The van der Waals surface area contributed by atoms with Crippen LogP contribution in [0.4, 0.5) is 5.82 Å². The highest BCUT2D eigenvalue weighted by molar-refractivity contribution is 7.89. The highest BCUT2D eigenvalue weighted by atomic mass is 32.2. The van der Waals surface area contributed by atoms with Gasteiger partial charge in [0.15, 0.2) is 0 Å². The number of hydrogen-bond donors (Lipinski definition) is 1. The normalized spacial score (nSPS) is 25.6. The van der Waals surface area contributed by atoms with Crippen LogP contribution in [0.5, 0.6) is 0 Å². The van der Waals surface area contributed by atoms with Crippen LogP contribution in [-0.2, 0) is 21.3 Å². The van der Waals surface area contributed by atoms with E-state index >= 15 is 0 Å². The van der Waals surface area contributed by atoms with Crippen LogP contribution in [-0.4, -0.2) is 56.7 Å². The molecule has 2 aliphatic rings. The van der Waals surface area contributed by atoms with E-state index in [1.54, 1.807) is 12.1 Å². The first-order chi connectivity index (χ1) is 14.3. The second-order valence-electron chi connectivity index (χ2n) is 8.47. The second kappa shape index (κ2) is 8.63. The highest BCUT2D eigenvalue weighted by Crippen LogP contribution is 2.33. The molecule has 0 bridgehead atoms. The van der Waals surface area contributed by atoms with Crippen molar-refractivity contribution in [1.82, 2.24) is 9.88 Å². The molecule has 0 radical (unpaired) electrons. The van der Waals surface area contributed by atoms with Crippen LogP contribution in [0.1, 0.15) is 37.4 Å². The summed E-state index contributed by atoms with van der Waals surface area (Å²) >= 11 is 0. The lowest BCUT2D eigenvalue weighted by Crippen LogP contribution is -2.46. The Balaban J connectivity index is 1.59. The number of ether oxygens (including phenoxy) is 1. The number of pyridine rings is 1. The van der Waals surface area contributed by atoms with Gasteiger partial charge in [-0.1, -0.05) is 30.3 Å². The van der Waals surface area contributed by atoms with E-state index in [2.05, 4.69) is 21.9 Å². The van der Waals surface area contributed by atoms with Crippen molar-refractivity contribution in [2.24, 2.45) is 5.14 Å². The molecule has 4 rings (SSSR count). The molecule has 2 aromatic rings. The predicted molar refractivity (Wildman–Crippen MR) is 117 cm³/mol. The van der Waals surface area contributed by atoms with Crippen LogP contribution >= 0.6 is 0 Å². The van der Waals surface area contributed by atoms with Crippen molar-refractivity contribution in [3.05, 3.63) is 53.7 Å². The molecule has 0 aliphatic carbocycles. The first kappa shape index (κ1) is 21.2. The van der Waals surface area contributed by atoms with Crippen molar-refractivity contribution >= 4 is 15.8 Å². The molecule has 2 saturated heterocycles. The first-order valence-electron chi connectivity index (χ1n) is 10.5. The number of primary sulfonamides is 1. The van der Waals surface area contributed by atoms with Crippen molar-refractivity contribution in [2.45, 2.75) is 49.8 Å². The Labute approximate surface area is 178 Å². The third-order valence-electron chi connectivity index (χ3n) is 5.83. The van der Waals surface area contributed by atoms with E-state index in [0.717, 1.165) is 45.0 Å². The molecule has 0 saturated carbocycles. The number of morpholine rings is 1. The van der Waals surface area contributed by atoms with Gasteiger partial charge in [0, 0.05) is 32.1 Å². The van der Waals surface area contributed by atoms with Gasteiger partial charge in [-0.05, 0) is 44.5 Å². The van der Waals surface area contributed by atoms with Gasteiger partial charge < -0.3 is 9.64 Å². The lowest BCUT2D eigenvalue weighted by atomic mass is 10.0. The maximum atomic E-state index is 12.3. The third-order valence-corrected chi connectivity index (χ3v) is 6.79. The molecule has 2 fully saturated rings. The molecule has 3 atom stereocenters. The van der Waals surface area contributed by atoms with E-state index in [-0.39, 0.29) is 23.0 Å². The van der Waals surface area contributed by atoms with E-state index in [1.807, 2.05) is 32.0 Å². The fourth-order valence-corrected chi connectivity index (χ4v) is 5.33. The molecule has 1 aromatic heterocycles. The SMILES string of the molecule is C[C@@H]1CN(c2ccc(S(N)(=O)=O)c([C@H]3CCN(Cc4ccccc4)C3)n2)C[C@H](C)O1. The minimum absolute atomic E-state index is 0.0397. The quantitative estimate of drug-likeness (QED) is 0.783. The second-order valence-corrected chi connectivity index (χ2v) is 10.00. The number of nitrogens with zero attached hydrogens (tertiary/aromatic N) is 3. The van der Waals surface area contributed by atoms with E-state index in [4.69, 9.17) is 14.9 Å². The highest BCUT2D eigenvalue weighted by Gasteiger charge is 2.31. The van der Waals surface area contributed by atoms with E-state index < -0.39 is 10.0 Å². The minimum Gasteiger partial charge on any atom is -0.372 e. The minimum atomic E-state index is -3.84. The molecule has 2 aliphatic heterocycles. The largest absolute Gasteiger partial charge is 0.372 e. The summed E-state index contributed by atoms with van der Waals surface area (Å²) in [7, 11) is -3.84. The Kier molecular flexibility index (Phi) is 6.11. The summed E-state index contributed by atoms with van der Waals surface area (Å²) in [5.74, 6) is 0.832. The van der Waals surface area contributed by atoms with E-state index in [0.29, 0.717) is 5.69 Å². The van der Waals surface area contributed by atoms with Crippen molar-refractivity contribution < 1.29 is 13.2 Å². The molecule has 0 spiro atoms. The summed E-state index contributed by atoms with van der Waals surface area (Å²) in [5.41, 5.74) is 1.85. The van der Waals surface area contributed by atoms with Gasteiger partial charge in [0.25, 0.3) is 0 Å².